The summed E-state index contributed by atoms with van der Waals surface area (Å²) in [5.41, 5.74) is 1.25. The lowest BCUT2D eigenvalue weighted by atomic mass is 9.87. The molecule has 0 fully saturated rings. The van der Waals surface area contributed by atoms with Crippen LogP contribution >= 0.6 is 11.6 Å². The maximum Gasteiger partial charge on any atom is 0.180 e. The van der Waals surface area contributed by atoms with Crippen molar-refractivity contribution >= 4 is 17.4 Å². The third-order valence-electron chi connectivity index (χ3n) is 2.85. The van der Waals surface area contributed by atoms with E-state index in [2.05, 4.69) is 6.07 Å². The number of aryl methyl sites for hydroxylation is 1. The highest BCUT2D eigenvalue weighted by molar-refractivity contribution is 6.32. The molecule has 4 heteroatoms. The molecule has 1 rings (SSSR count). The molecule has 0 aliphatic heterocycles. The zero-order chi connectivity index (χ0) is 13.9. The number of benzene rings is 1. The van der Waals surface area contributed by atoms with Crippen LogP contribution in [0.25, 0.3) is 0 Å². The standard InChI is InChI=1S/C14H16ClNO2/c1-8(2)11(7-16)14(17)10-6-12(15)13(18-4)5-9(10)3/h5-6,8,11H,1-4H3. The Morgan fingerprint density at radius 1 is 1.44 bits per heavy atom. The van der Waals surface area contributed by atoms with Gasteiger partial charge >= 0.3 is 0 Å². The second-order valence-corrected chi connectivity index (χ2v) is 4.92. The maximum atomic E-state index is 12.3. The molecule has 0 saturated heterocycles. The molecule has 18 heavy (non-hydrogen) atoms. The fourth-order valence-corrected chi connectivity index (χ4v) is 2.00. The quantitative estimate of drug-likeness (QED) is 0.781. The minimum absolute atomic E-state index is 0.0252. The summed E-state index contributed by atoms with van der Waals surface area (Å²) in [5, 5.41) is 9.44. The van der Waals surface area contributed by atoms with Gasteiger partial charge in [0.2, 0.25) is 0 Å². The number of halogens is 1. The van der Waals surface area contributed by atoms with Gasteiger partial charge in [0.05, 0.1) is 18.2 Å². The smallest absolute Gasteiger partial charge is 0.180 e. The second-order valence-electron chi connectivity index (χ2n) is 4.52. The second kappa shape index (κ2) is 5.88. The molecule has 96 valence electrons. The van der Waals surface area contributed by atoms with Crippen LogP contribution in [-0.2, 0) is 0 Å². The summed E-state index contributed by atoms with van der Waals surface area (Å²) in [6.45, 7) is 5.51. The van der Waals surface area contributed by atoms with Crippen LogP contribution in [0.3, 0.4) is 0 Å². The highest BCUT2D eigenvalue weighted by Gasteiger charge is 2.25. The summed E-state index contributed by atoms with van der Waals surface area (Å²) < 4.78 is 5.09. The zero-order valence-electron chi connectivity index (χ0n) is 11.0. The van der Waals surface area contributed by atoms with E-state index in [9.17, 15) is 4.79 Å². The molecule has 3 nitrogen and oxygen atoms in total. The first kappa shape index (κ1) is 14.5. The molecule has 0 spiro atoms. The molecule has 0 aromatic heterocycles. The van der Waals surface area contributed by atoms with Gasteiger partial charge in [0, 0.05) is 5.56 Å². The largest absolute Gasteiger partial charge is 0.495 e. The minimum Gasteiger partial charge on any atom is -0.495 e. The lowest BCUT2D eigenvalue weighted by Crippen LogP contribution is -2.19. The van der Waals surface area contributed by atoms with Crippen molar-refractivity contribution in [2.45, 2.75) is 20.8 Å². The highest BCUT2D eigenvalue weighted by Crippen LogP contribution is 2.30. The molecule has 1 unspecified atom stereocenters. The number of ketones is 1. The average Bonchev–Trinajstić information content (AvgIpc) is 2.31. The summed E-state index contributed by atoms with van der Waals surface area (Å²) in [5.74, 6) is -0.325. The third kappa shape index (κ3) is 2.83. The lowest BCUT2D eigenvalue weighted by molar-refractivity contribution is 0.0924. The van der Waals surface area contributed by atoms with E-state index < -0.39 is 5.92 Å². The number of nitriles is 1. The number of rotatable bonds is 4. The Hall–Kier alpha value is -1.53. The molecule has 0 N–H and O–H groups in total. The van der Waals surface area contributed by atoms with E-state index in [0.29, 0.717) is 16.3 Å². The normalized spacial score (nSPS) is 12.1. The van der Waals surface area contributed by atoms with Gasteiger partial charge in [-0.2, -0.15) is 5.26 Å². The van der Waals surface area contributed by atoms with Crippen LogP contribution in [0, 0.1) is 30.1 Å². The van der Waals surface area contributed by atoms with Crippen molar-refractivity contribution < 1.29 is 9.53 Å². The molecule has 0 saturated carbocycles. The number of methoxy groups -OCH3 is 1. The molecule has 0 amide bonds. The first-order valence-corrected chi connectivity index (χ1v) is 6.08. The maximum absolute atomic E-state index is 12.3. The van der Waals surface area contributed by atoms with Gasteiger partial charge in [0.25, 0.3) is 0 Å². The van der Waals surface area contributed by atoms with Crippen molar-refractivity contribution in [3.63, 3.8) is 0 Å². The number of ether oxygens (including phenoxy) is 1. The molecule has 0 aliphatic carbocycles. The van der Waals surface area contributed by atoms with Crippen molar-refractivity contribution in [3.8, 4) is 11.8 Å². The SMILES string of the molecule is COc1cc(C)c(C(=O)C(C#N)C(C)C)cc1Cl. The fraction of sp³-hybridized carbons (Fsp3) is 0.429. The van der Waals surface area contributed by atoms with Crippen molar-refractivity contribution in [2.75, 3.05) is 7.11 Å². The van der Waals surface area contributed by atoms with E-state index in [0.717, 1.165) is 5.56 Å². The highest BCUT2D eigenvalue weighted by atomic mass is 35.5. The lowest BCUT2D eigenvalue weighted by Gasteiger charge is -2.14. The molecule has 1 aromatic rings. The summed E-state index contributed by atoms with van der Waals surface area (Å²) in [7, 11) is 1.52. The number of carbonyl (C=O) groups excluding carboxylic acids is 1. The van der Waals surface area contributed by atoms with E-state index in [4.69, 9.17) is 21.6 Å². The zero-order valence-corrected chi connectivity index (χ0v) is 11.7. The Labute approximate surface area is 112 Å². The molecule has 1 aromatic carbocycles. The number of nitrogens with zero attached hydrogens (tertiary/aromatic N) is 1. The molecular weight excluding hydrogens is 250 g/mol. The van der Waals surface area contributed by atoms with Gasteiger partial charge in [-0.15, -0.1) is 0 Å². The molecule has 0 heterocycles. The van der Waals surface area contributed by atoms with Crippen LogP contribution in [0.15, 0.2) is 12.1 Å². The third-order valence-corrected chi connectivity index (χ3v) is 3.15. The minimum atomic E-state index is -0.645. The van der Waals surface area contributed by atoms with Gasteiger partial charge in [-0.1, -0.05) is 25.4 Å². The first-order valence-electron chi connectivity index (χ1n) is 5.70. The Morgan fingerprint density at radius 2 is 2.06 bits per heavy atom. The van der Waals surface area contributed by atoms with E-state index in [1.54, 1.807) is 19.1 Å². The van der Waals surface area contributed by atoms with Crippen LogP contribution in [0.4, 0.5) is 0 Å². The van der Waals surface area contributed by atoms with Crippen molar-refractivity contribution in [1.82, 2.24) is 0 Å². The predicted molar refractivity (Wildman–Crippen MR) is 71.0 cm³/mol. The van der Waals surface area contributed by atoms with Gasteiger partial charge in [-0.05, 0) is 30.5 Å². The first-order chi connectivity index (χ1) is 8.42. The van der Waals surface area contributed by atoms with Gasteiger partial charge in [0.1, 0.15) is 11.7 Å². The molecule has 0 bridgehead atoms. The summed E-state index contributed by atoms with van der Waals surface area (Å²) in [4.78, 5) is 12.3. The van der Waals surface area contributed by atoms with Crippen LogP contribution in [0.2, 0.25) is 5.02 Å². The molecular formula is C14H16ClNO2. The summed E-state index contributed by atoms with van der Waals surface area (Å²) in [6.07, 6.45) is 0. The van der Waals surface area contributed by atoms with Crippen LogP contribution in [0.1, 0.15) is 29.8 Å². The van der Waals surface area contributed by atoms with Gasteiger partial charge in [-0.3, -0.25) is 4.79 Å². The Balaban J connectivity index is 3.23. The van der Waals surface area contributed by atoms with Crippen molar-refractivity contribution in [3.05, 3.63) is 28.3 Å². The van der Waals surface area contributed by atoms with Crippen LogP contribution in [0.5, 0.6) is 5.75 Å². The van der Waals surface area contributed by atoms with E-state index >= 15 is 0 Å². The van der Waals surface area contributed by atoms with Crippen LogP contribution < -0.4 is 4.74 Å². The fourth-order valence-electron chi connectivity index (χ4n) is 1.75. The Bertz CT molecular complexity index is 503. The Kier molecular flexibility index (Phi) is 4.75. The topological polar surface area (TPSA) is 50.1 Å². The number of hydrogen-bond acceptors (Lipinski definition) is 3. The van der Waals surface area contributed by atoms with E-state index in [-0.39, 0.29) is 11.7 Å². The van der Waals surface area contributed by atoms with Gasteiger partial charge < -0.3 is 4.74 Å². The molecule has 1 atom stereocenters. The predicted octanol–water partition coefficient (Wildman–Crippen LogP) is 3.64. The van der Waals surface area contributed by atoms with Crippen molar-refractivity contribution in [1.29, 1.82) is 5.26 Å². The van der Waals surface area contributed by atoms with E-state index in [1.807, 2.05) is 13.8 Å². The number of Topliss-reactive ketones (excluding diaryl/α,β-unsaturated/α-hetero) is 1. The average molecular weight is 266 g/mol. The van der Waals surface area contributed by atoms with Gasteiger partial charge in [-0.25, -0.2) is 0 Å². The van der Waals surface area contributed by atoms with Crippen LogP contribution in [-0.4, -0.2) is 12.9 Å². The van der Waals surface area contributed by atoms with E-state index in [1.165, 1.54) is 7.11 Å². The van der Waals surface area contributed by atoms with Gasteiger partial charge in [0.15, 0.2) is 5.78 Å². The number of hydrogen-bond donors (Lipinski definition) is 0. The molecule has 0 radical (unpaired) electrons. The monoisotopic (exact) mass is 265 g/mol. The van der Waals surface area contributed by atoms with Crippen molar-refractivity contribution in [2.24, 2.45) is 11.8 Å². The molecule has 0 aliphatic rings. The Morgan fingerprint density at radius 3 is 2.50 bits per heavy atom. The summed E-state index contributed by atoms with van der Waals surface area (Å²) >= 11 is 6.01. The summed E-state index contributed by atoms with van der Waals surface area (Å²) in [6, 6.07) is 5.34. The number of carbonyl (C=O) groups is 1.